The molecule has 0 fully saturated rings. The zero-order valence-corrected chi connectivity index (χ0v) is 27.9. The Balaban J connectivity index is 1.53. The first kappa shape index (κ1) is 29.2. The van der Waals surface area contributed by atoms with E-state index in [1.165, 1.54) is 43.1 Å². The molecule has 2 bridgehead atoms. The molecule has 4 heteroatoms. The molecule has 3 heterocycles. The molecule has 6 aromatic rings. The van der Waals surface area contributed by atoms with E-state index in [4.69, 9.17) is 4.99 Å². The van der Waals surface area contributed by atoms with E-state index in [1.807, 2.05) is 0 Å². The second-order valence-electron chi connectivity index (χ2n) is 11.3. The SMILES string of the molecule is C1=CC2(c3ccccc3)N=C(c3ccccc3)P1C(P(c1ccccc1)c1ccccc1)=C2P(c1ccccc1)c1ccccc1. The van der Waals surface area contributed by atoms with Crippen molar-refractivity contribution >= 4 is 50.4 Å². The van der Waals surface area contributed by atoms with Crippen LogP contribution in [0.4, 0.5) is 0 Å². The van der Waals surface area contributed by atoms with Crippen molar-refractivity contribution in [3.8, 4) is 0 Å². The Bertz CT molecular complexity index is 1950. The van der Waals surface area contributed by atoms with Crippen molar-refractivity contribution < 1.29 is 0 Å². The summed E-state index contributed by atoms with van der Waals surface area (Å²) in [6, 6.07) is 66.7. The second kappa shape index (κ2) is 12.9. The number of nitrogens with zero attached hydrogens (tertiary/aromatic N) is 1. The predicted octanol–water partition coefficient (Wildman–Crippen LogP) is 9.79. The number of hydrogen-bond acceptors (Lipinski definition) is 1. The fourth-order valence-electron chi connectivity index (χ4n) is 6.47. The lowest BCUT2D eigenvalue weighted by molar-refractivity contribution is 0.699. The maximum Gasteiger partial charge on any atom is 0.132 e. The fourth-order valence-corrected chi connectivity index (χ4v) is 16.3. The Morgan fingerprint density at radius 1 is 0.435 bits per heavy atom. The molecule has 0 spiro atoms. The average Bonchev–Trinajstić information content (AvgIpc) is 3.15. The molecule has 0 aromatic heterocycles. The molecule has 220 valence electrons. The lowest BCUT2D eigenvalue weighted by Crippen LogP contribution is -2.36. The van der Waals surface area contributed by atoms with Crippen LogP contribution >= 0.6 is 23.8 Å². The molecule has 1 nitrogen and oxygen atoms in total. The van der Waals surface area contributed by atoms with Gasteiger partial charge in [-0.05, 0) is 48.7 Å². The van der Waals surface area contributed by atoms with E-state index >= 15 is 0 Å². The van der Waals surface area contributed by atoms with Gasteiger partial charge in [0, 0.05) is 23.9 Å². The first-order valence-corrected chi connectivity index (χ1v) is 19.7. The minimum atomic E-state index is -0.943. The van der Waals surface area contributed by atoms with E-state index in [9.17, 15) is 0 Å². The van der Waals surface area contributed by atoms with Crippen molar-refractivity contribution in [2.24, 2.45) is 4.99 Å². The summed E-state index contributed by atoms with van der Waals surface area (Å²) in [5.41, 5.74) is 3.02. The summed E-state index contributed by atoms with van der Waals surface area (Å²) in [6.07, 6.45) is 2.45. The van der Waals surface area contributed by atoms with Gasteiger partial charge in [-0.25, -0.2) is 0 Å². The molecule has 0 saturated carbocycles. The minimum Gasteiger partial charge on any atom is -0.263 e. The van der Waals surface area contributed by atoms with E-state index in [-0.39, 0.29) is 0 Å². The Labute approximate surface area is 275 Å². The number of rotatable bonds is 8. The standard InChI is InChI=1S/C42H32NP3/c1-7-19-33(20-8-1)40-43-42(34-21-9-2-10-22-34)31-32-44(40)41(46(37-27-15-5-16-28-37)38-29-17-6-18-30-38)39(42)45(35-23-11-3-12-24-35)36-25-13-4-14-26-36/h1-32H. The third-order valence-corrected chi connectivity index (χ3v) is 17.0. The van der Waals surface area contributed by atoms with Crippen LogP contribution in [0.25, 0.3) is 0 Å². The topological polar surface area (TPSA) is 12.4 Å². The zero-order valence-electron chi connectivity index (χ0n) is 25.3. The van der Waals surface area contributed by atoms with Gasteiger partial charge in [-0.2, -0.15) is 0 Å². The van der Waals surface area contributed by atoms with Gasteiger partial charge in [0.15, 0.2) is 0 Å². The van der Waals surface area contributed by atoms with Crippen molar-refractivity contribution in [3.05, 3.63) is 215 Å². The van der Waals surface area contributed by atoms with Crippen LogP contribution in [-0.4, -0.2) is 5.45 Å². The zero-order chi connectivity index (χ0) is 30.8. The normalized spacial score (nSPS) is 18.7. The van der Waals surface area contributed by atoms with Gasteiger partial charge in [-0.1, -0.05) is 188 Å². The van der Waals surface area contributed by atoms with E-state index < -0.39 is 29.3 Å². The summed E-state index contributed by atoms with van der Waals surface area (Å²) in [6.45, 7) is 0. The van der Waals surface area contributed by atoms with Gasteiger partial charge in [-0.3, -0.25) is 4.99 Å². The molecule has 0 amide bonds. The third kappa shape index (κ3) is 5.24. The molecule has 0 aliphatic carbocycles. The smallest absolute Gasteiger partial charge is 0.132 e. The van der Waals surface area contributed by atoms with Crippen LogP contribution in [0.3, 0.4) is 0 Å². The maximum atomic E-state index is 5.92. The Morgan fingerprint density at radius 2 is 0.826 bits per heavy atom. The van der Waals surface area contributed by atoms with Gasteiger partial charge in [-0.15, -0.1) is 0 Å². The van der Waals surface area contributed by atoms with E-state index in [0.717, 1.165) is 0 Å². The summed E-state index contributed by atoms with van der Waals surface area (Å²) in [5, 5.41) is 8.52. The van der Waals surface area contributed by atoms with Crippen LogP contribution in [0.2, 0.25) is 0 Å². The predicted molar refractivity (Wildman–Crippen MR) is 202 cm³/mol. The maximum absolute atomic E-state index is 5.92. The van der Waals surface area contributed by atoms with Crippen LogP contribution in [0.5, 0.6) is 0 Å². The molecule has 3 aliphatic rings. The summed E-state index contributed by atoms with van der Waals surface area (Å²) in [4.78, 5) is 5.92. The van der Waals surface area contributed by atoms with Crippen molar-refractivity contribution in [1.29, 1.82) is 0 Å². The van der Waals surface area contributed by atoms with Crippen LogP contribution in [0, 0.1) is 0 Å². The van der Waals surface area contributed by atoms with Gasteiger partial charge in [0.05, 0.1) is 5.45 Å². The Kier molecular flexibility index (Phi) is 8.16. The second-order valence-corrected chi connectivity index (χ2v) is 17.9. The number of benzene rings is 6. The molecule has 3 aliphatic heterocycles. The molecule has 6 aromatic carbocycles. The molecule has 2 unspecified atom stereocenters. The molecule has 2 atom stereocenters. The Hall–Kier alpha value is -4.24. The summed E-state index contributed by atoms with van der Waals surface area (Å²) in [7, 11) is -2.70. The molecular weight excluding hydrogens is 611 g/mol. The van der Waals surface area contributed by atoms with Crippen molar-refractivity contribution in [2.75, 3.05) is 0 Å². The lowest BCUT2D eigenvalue weighted by Gasteiger charge is -2.48. The molecule has 46 heavy (non-hydrogen) atoms. The Morgan fingerprint density at radius 3 is 1.28 bits per heavy atom. The van der Waals surface area contributed by atoms with Crippen LogP contribution in [-0.2, 0) is 5.54 Å². The highest BCUT2D eigenvalue weighted by molar-refractivity contribution is 7.98. The number of hydrogen-bond donors (Lipinski definition) is 0. The average molecular weight is 644 g/mol. The monoisotopic (exact) mass is 643 g/mol. The first-order chi connectivity index (χ1) is 22.8. The van der Waals surface area contributed by atoms with E-state index in [2.05, 4.69) is 194 Å². The van der Waals surface area contributed by atoms with Gasteiger partial charge in [0.1, 0.15) is 5.54 Å². The molecule has 0 saturated heterocycles. The van der Waals surface area contributed by atoms with E-state index in [0.29, 0.717) is 0 Å². The van der Waals surface area contributed by atoms with Crippen LogP contribution in [0.15, 0.2) is 209 Å². The first-order valence-electron chi connectivity index (χ1n) is 15.6. The highest BCUT2D eigenvalue weighted by Crippen LogP contribution is 2.76. The van der Waals surface area contributed by atoms with Crippen LogP contribution < -0.4 is 21.2 Å². The highest BCUT2D eigenvalue weighted by atomic mass is 31.2. The quantitative estimate of drug-likeness (QED) is 0.147. The van der Waals surface area contributed by atoms with Gasteiger partial charge >= 0.3 is 0 Å². The molecule has 9 rings (SSSR count). The summed E-state index contributed by atoms with van der Waals surface area (Å²) >= 11 is 0. The lowest BCUT2D eigenvalue weighted by atomic mass is 9.89. The van der Waals surface area contributed by atoms with Gasteiger partial charge in [0.2, 0.25) is 0 Å². The number of aliphatic imine (C=N–C) groups is 1. The van der Waals surface area contributed by atoms with Crippen molar-refractivity contribution in [3.63, 3.8) is 0 Å². The molecule has 0 radical (unpaired) electrons. The largest absolute Gasteiger partial charge is 0.263 e. The van der Waals surface area contributed by atoms with Gasteiger partial charge < -0.3 is 0 Å². The van der Waals surface area contributed by atoms with Crippen LogP contribution in [0.1, 0.15) is 11.1 Å². The molecular formula is C42H32NP3. The van der Waals surface area contributed by atoms with Crippen molar-refractivity contribution in [2.45, 2.75) is 5.54 Å². The van der Waals surface area contributed by atoms with E-state index in [1.54, 1.807) is 5.06 Å². The fraction of sp³-hybridized carbons (Fsp3) is 0.0238. The summed E-state index contributed by atoms with van der Waals surface area (Å²) < 4.78 is 0. The van der Waals surface area contributed by atoms with Crippen molar-refractivity contribution in [1.82, 2.24) is 0 Å². The van der Waals surface area contributed by atoms with Gasteiger partial charge in [0.25, 0.3) is 0 Å². The third-order valence-electron chi connectivity index (χ3n) is 8.52. The molecule has 0 N–H and O–H groups in total. The minimum absolute atomic E-state index is 0.639. The highest BCUT2D eigenvalue weighted by Gasteiger charge is 2.51. The summed E-state index contributed by atoms with van der Waals surface area (Å²) in [5.74, 6) is 2.53.